The van der Waals surface area contributed by atoms with Gasteiger partial charge < -0.3 is 5.11 Å². The van der Waals surface area contributed by atoms with Crippen LogP contribution in [0.4, 0.5) is 0 Å². The van der Waals surface area contributed by atoms with Gasteiger partial charge in [-0.05, 0) is 49.4 Å². The second kappa shape index (κ2) is 5.29. The third kappa shape index (κ3) is 3.13. The minimum atomic E-state index is -3.54. The van der Waals surface area contributed by atoms with Gasteiger partial charge in [0.2, 0.25) is 10.0 Å². The van der Waals surface area contributed by atoms with E-state index in [1.54, 1.807) is 6.92 Å². The monoisotopic (exact) mass is 280 g/mol. The van der Waals surface area contributed by atoms with E-state index in [0.29, 0.717) is 30.5 Å². The van der Waals surface area contributed by atoms with E-state index < -0.39 is 10.0 Å². The van der Waals surface area contributed by atoms with E-state index in [1.165, 1.54) is 18.2 Å². The number of hydrogen-bond donors (Lipinski definition) is 2. The Balaban J connectivity index is 2.07. The second-order valence-corrected chi connectivity index (χ2v) is 6.70. The number of sulfonamides is 1. The van der Waals surface area contributed by atoms with Gasteiger partial charge in [-0.15, -0.1) is 0 Å². The zero-order chi connectivity index (χ0) is 14.0. The van der Waals surface area contributed by atoms with Gasteiger partial charge in [-0.1, -0.05) is 0 Å². The van der Waals surface area contributed by atoms with Crippen LogP contribution < -0.4 is 4.72 Å². The Hall–Kier alpha value is -1.42. The summed E-state index contributed by atoms with van der Waals surface area (Å²) < 4.78 is 26.6. The van der Waals surface area contributed by atoms with Gasteiger partial charge in [0.05, 0.1) is 22.6 Å². The smallest absolute Gasteiger partial charge is 0.240 e. The maximum Gasteiger partial charge on any atom is 0.240 e. The van der Waals surface area contributed by atoms with Gasteiger partial charge in [0.25, 0.3) is 0 Å². The molecule has 0 aliphatic heterocycles. The Kier molecular flexibility index (Phi) is 3.90. The average Bonchev–Trinajstić information content (AvgIpc) is 2.33. The molecule has 2 N–H and O–H groups in total. The maximum atomic E-state index is 12.1. The van der Waals surface area contributed by atoms with Gasteiger partial charge in [0, 0.05) is 6.54 Å². The van der Waals surface area contributed by atoms with Gasteiger partial charge in [-0.3, -0.25) is 0 Å². The summed E-state index contributed by atoms with van der Waals surface area (Å²) >= 11 is 0. The van der Waals surface area contributed by atoms with Crippen molar-refractivity contribution in [3.8, 4) is 6.07 Å². The second-order valence-electron chi connectivity index (χ2n) is 4.93. The van der Waals surface area contributed by atoms with Gasteiger partial charge in [0.15, 0.2) is 0 Å². The minimum Gasteiger partial charge on any atom is -0.393 e. The Bertz CT molecular complexity index is 613. The molecule has 1 fully saturated rings. The van der Waals surface area contributed by atoms with Crippen molar-refractivity contribution in [2.24, 2.45) is 5.92 Å². The van der Waals surface area contributed by atoms with E-state index in [9.17, 15) is 8.42 Å². The Morgan fingerprint density at radius 1 is 1.47 bits per heavy atom. The third-order valence-electron chi connectivity index (χ3n) is 3.40. The van der Waals surface area contributed by atoms with Crippen molar-refractivity contribution in [1.29, 1.82) is 5.26 Å². The van der Waals surface area contributed by atoms with Gasteiger partial charge in [-0.2, -0.15) is 5.26 Å². The van der Waals surface area contributed by atoms with Crippen molar-refractivity contribution in [2.75, 3.05) is 6.54 Å². The molecule has 5 nitrogen and oxygen atoms in total. The molecule has 1 saturated carbocycles. The summed E-state index contributed by atoms with van der Waals surface area (Å²) in [5, 5.41) is 18.0. The number of aliphatic hydroxyl groups excluding tert-OH is 1. The molecule has 1 aromatic carbocycles. The summed E-state index contributed by atoms with van der Waals surface area (Å²) in [6, 6.07) is 6.45. The molecule has 0 bridgehead atoms. The van der Waals surface area contributed by atoms with Crippen LogP contribution in [0.2, 0.25) is 0 Å². The van der Waals surface area contributed by atoms with E-state index in [2.05, 4.69) is 4.72 Å². The zero-order valence-corrected chi connectivity index (χ0v) is 11.4. The topological polar surface area (TPSA) is 90.2 Å². The average molecular weight is 280 g/mol. The number of nitrogens with zero attached hydrogens (tertiary/aromatic N) is 1. The van der Waals surface area contributed by atoms with Crippen molar-refractivity contribution >= 4 is 10.0 Å². The van der Waals surface area contributed by atoms with Crippen LogP contribution in [0.3, 0.4) is 0 Å². The number of rotatable bonds is 4. The first-order valence-electron chi connectivity index (χ1n) is 6.11. The fourth-order valence-corrected chi connectivity index (χ4v) is 3.31. The van der Waals surface area contributed by atoms with Gasteiger partial charge >= 0.3 is 0 Å². The van der Waals surface area contributed by atoms with Crippen molar-refractivity contribution in [1.82, 2.24) is 4.72 Å². The van der Waals surface area contributed by atoms with Crippen LogP contribution in [0.25, 0.3) is 0 Å². The molecular formula is C13H16N2O3S. The van der Waals surface area contributed by atoms with Crippen molar-refractivity contribution in [2.45, 2.75) is 30.8 Å². The molecule has 0 aromatic heterocycles. The molecule has 0 radical (unpaired) electrons. The van der Waals surface area contributed by atoms with E-state index >= 15 is 0 Å². The van der Waals surface area contributed by atoms with E-state index in [1.807, 2.05) is 6.07 Å². The Labute approximate surface area is 112 Å². The highest BCUT2D eigenvalue weighted by Gasteiger charge is 2.28. The molecular weight excluding hydrogens is 264 g/mol. The molecule has 0 saturated heterocycles. The summed E-state index contributed by atoms with van der Waals surface area (Å²) in [5.74, 6) is 0.212. The lowest BCUT2D eigenvalue weighted by Gasteiger charge is -2.31. The molecule has 19 heavy (non-hydrogen) atoms. The first kappa shape index (κ1) is 14.0. The minimum absolute atomic E-state index is 0.170. The predicted molar refractivity (Wildman–Crippen MR) is 69.8 cm³/mol. The quantitative estimate of drug-likeness (QED) is 0.858. The van der Waals surface area contributed by atoms with Crippen LogP contribution in [-0.4, -0.2) is 26.2 Å². The molecule has 1 aromatic rings. The summed E-state index contributed by atoms with van der Waals surface area (Å²) in [7, 11) is -3.54. The highest BCUT2D eigenvalue weighted by atomic mass is 32.2. The molecule has 6 heteroatoms. The van der Waals surface area contributed by atoms with Crippen molar-refractivity contribution < 1.29 is 13.5 Å². The van der Waals surface area contributed by atoms with Crippen molar-refractivity contribution in [3.05, 3.63) is 29.3 Å². The Morgan fingerprint density at radius 3 is 2.68 bits per heavy atom. The number of nitriles is 1. The molecule has 0 atom stereocenters. The van der Waals surface area contributed by atoms with E-state index in [4.69, 9.17) is 10.4 Å². The molecule has 0 heterocycles. The van der Waals surface area contributed by atoms with Crippen LogP contribution in [0.15, 0.2) is 23.1 Å². The summed E-state index contributed by atoms with van der Waals surface area (Å²) in [6.07, 6.45) is 1.01. The molecule has 1 aliphatic rings. The number of aliphatic hydroxyl groups is 1. The largest absolute Gasteiger partial charge is 0.393 e. The number of aryl methyl sites for hydroxylation is 1. The highest BCUT2D eigenvalue weighted by molar-refractivity contribution is 7.89. The molecule has 0 spiro atoms. The van der Waals surface area contributed by atoms with Gasteiger partial charge in [-0.25, -0.2) is 13.1 Å². The first-order valence-corrected chi connectivity index (χ1v) is 7.59. The number of hydrogen-bond acceptors (Lipinski definition) is 4. The predicted octanol–water partition coefficient (Wildman–Crippen LogP) is 0.916. The fourth-order valence-electron chi connectivity index (χ4n) is 2.11. The summed E-state index contributed by atoms with van der Waals surface area (Å²) in [6.45, 7) is 2.05. The van der Waals surface area contributed by atoms with E-state index in [0.717, 1.165) is 0 Å². The lowest BCUT2D eigenvalue weighted by Crippen LogP contribution is -2.38. The highest BCUT2D eigenvalue weighted by Crippen LogP contribution is 2.26. The lowest BCUT2D eigenvalue weighted by molar-refractivity contribution is 0.0453. The summed E-state index contributed by atoms with van der Waals surface area (Å²) in [5.41, 5.74) is 1.12. The van der Waals surface area contributed by atoms with Crippen molar-refractivity contribution in [3.63, 3.8) is 0 Å². The standard InChI is InChI=1S/C13H16N2O3S/c1-9-4-13(3-2-11(9)7-14)19(17,18)15-8-10-5-12(16)6-10/h2-4,10,12,15-16H,5-6,8H2,1H3. The molecule has 102 valence electrons. The normalized spacial score (nSPS) is 22.6. The molecule has 2 rings (SSSR count). The van der Waals surface area contributed by atoms with Crippen LogP contribution in [0.1, 0.15) is 24.0 Å². The van der Waals surface area contributed by atoms with Crippen LogP contribution in [-0.2, 0) is 10.0 Å². The first-order chi connectivity index (χ1) is 8.92. The Morgan fingerprint density at radius 2 is 2.16 bits per heavy atom. The number of nitrogens with one attached hydrogen (secondary N) is 1. The SMILES string of the molecule is Cc1cc(S(=O)(=O)NCC2CC(O)C2)ccc1C#N. The number of benzene rings is 1. The third-order valence-corrected chi connectivity index (χ3v) is 4.82. The molecule has 0 unspecified atom stereocenters. The van der Waals surface area contributed by atoms with Crippen LogP contribution in [0.5, 0.6) is 0 Å². The zero-order valence-electron chi connectivity index (χ0n) is 10.6. The van der Waals surface area contributed by atoms with Crippen LogP contribution >= 0.6 is 0 Å². The fraction of sp³-hybridized carbons (Fsp3) is 0.462. The molecule has 0 amide bonds. The lowest BCUT2D eigenvalue weighted by atomic mass is 9.83. The van der Waals surface area contributed by atoms with Gasteiger partial charge in [0.1, 0.15) is 0 Å². The summed E-state index contributed by atoms with van der Waals surface area (Å²) in [4.78, 5) is 0.170. The molecule has 1 aliphatic carbocycles. The maximum absolute atomic E-state index is 12.1. The van der Waals surface area contributed by atoms with E-state index in [-0.39, 0.29) is 16.9 Å². The van der Waals surface area contributed by atoms with Crippen LogP contribution in [0, 0.1) is 24.2 Å².